The van der Waals surface area contributed by atoms with Gasteiger partial charge in [0.05, 0.1) is 7.11 Å². The van der Waals surface area contributed by atoms with Crippen LogP contribution in [-0.4, -0.2) is 25.7 Å². The van der Waals surface area contributed by atoms with Gasteiger partial charge in [0.15, 0.2) is 0 Å². The first kappa shape index (κ1) is 12.6. The highest BCUT2D eigenvalue weighted by molar-refractivity contribution is 9.10. The fourth-order valence-corrected chi connectivity index (χ4v) is 2.72. The van der Waals surface area contributed by atoms with E-state index in [1.165, 1.54) is 12.7 Å². The van der Waals surface area contributed by atoms with Crippen molar-refractivity contribution in [1.29, 1.82) is 0 Å². The zero-order chi connectivity index (χ0) is 12.3. The molecule has 0 amide bonds. The predicted molar refractivity (Wildman–Crippen MR) is 69.9 cm³/mol. The molecule has 1 aliphatic rings. The molecule has 1 aliphatic heterocycles. The maximum Gasteiger partial charge on any atom is 0.322 e. The second-order valence-electron chi connectivity index (χ2n) is 4.31. The number of piperidine rings is 1. The van der Waals surface area contributed by atoms with Crippen LogP contribution < -0.4 is 5.32 Å². The second kappa shape index (κ2) is 5.65. The normalized spacial score (nSPS) is 24.4. The minimum atomic E-state index is -0.169. The summed E-state index contributed by atoms with van der Waals surface area (Å²) in [5, 5.41) is 3.20. The molecule has 0 radical (unpaired) electrons. The predicted octanol–water partition coefficient (Wildman–Crippen LogP) is 2.46. The Labute approximate surface area is 110 Å². The average Bonchev–Trinajstić information content (AvgIpc) is 2.38. The number of esters is 1. The van der Waals surface area contributed by atoms with Gasteiger partial charge >= 0.3 is 5.97 Å². The molecule has 1 saturated heterocycles. The molecule has 1 fully saturated rings. The topological polar surface area (TPSA) is 38.3 Å². The van der Waals surface area contributed by atoms with Crippen LogP contribution in [0.3, 0.4) is 0 Å². The van der Waals surface area contributed by atoms with E-state index in [2.05, 4.69) is 33.4 Å². The molecule has 1 aromatic carbocycles. The van der Waals surface area contributed by atoms with Gasteiger partial charge in [0.25, 0.3) is 0 Å². The van der Waals surface area contributed by atoms with E-state index in [0.717, 1.165) is 23.9 Å². The van der Waals surface area contributed by atoms with Gasteiger partial charge in [-0.05, 0) is 43.0 Å². The van der Waals surface area contributed by atoms with Crippen molar-refractivity contribution in [3.63, 3.8) is 0 Å². The highest BCUT2D eigenvalue weighted by Crippen LogP contribution is 2.29. The number of halogens is 1. The number of benzene rings is 1. The van der Waals surface area contributed by atoms with Crippen molar-refractivity contribution >= 4 is 21.9 Å². The van der Waals surface area contributed by atoms with Gasteiger partial charge < -0.3 is 10.1 Å². The maximum absolute atomic E-state index is 11.5. The third kappa shape index (κ3) is 3.07. The molecule has 1 heterocycles. The number of rotatable bonds is 2. The highest BCUT2D eigenvalue weighted by atomic mass is 79.9. The first-order chi connectivity index (χ1) is 8.20. The molecule has 0 aliphatic carbocycles. The summed E-state index contributed by atoms with van der Waals surface area (Å²) in [4.78, 5) is 11.5. The Bertz CT molecular complexity index is 408. The Hall–Kier alpha value is -0.870. The van der Waals surface area contributed by atoms with Gasteiger partial charge in [-0.3, -0.25) is 4.79 Å². The molecule has 4 heteroatoms. The van der Waals surface area contributed by atoms with Crippen LogP contribution in [0.5, 0.6) is 0 Å². The first-order valence-corrected chi connectivity index (χ1v) is 6.56. The van der Waals surface area contributed by atoms with E-state index < -0.39 is 0 Å². The van der Waals surface area contributed by atoms with E-state index in [4.69, 9.17) is 4.74 Å². The number of nitrogens with one attached hydrogen (secondary N) is 1. The summed E-state index contributed by atoms with van der Waals surface area (Å²) in [7, 11) is 1.44. The molecule has 0 aromatic heterocycles. The Balaban J connectivity index is 2.09. The molecule has 2 rings (SSSR count). The molecule has 1 aromatic rings. The Morgan fingerprint density at radius 1 is 1.53 bits per heavy atom. The van der Waals surface area contributed by atoms with Crippen LogP contribution in [0, 0.1) is 0 Å². The summed E-state index contributed by atoms with van der Waals surface area (Å²) in [6, 6.07) is 8.13. The van der Waals surface area contributed by atoms with Crippen LogP contribution >= 0.6 is 15.9 Å². The monoisotopic (exact) mass is 297 g/mol. The van der Waals surface area contributed by atoms with Crippen LogP contribution in [-0.2, 0) is 9.53 Å². The Morgan fingerprint density at radius 3 is 3.06 bits per heavy atom. The van der Waals surface area contributed by atoms with Crippen molar-refractivity contribution in [3.05, 3.63) is 34.3 Å². The van der Waals surface area contributed by atoms with Crippen molar-refractivity contribution in [3.8, 4) is 0 Å². The van der Waals surface area contributed by atoms with Crippen LogP contribution in [0.25, 0.3) is 0 Å². The molecule has 1 N–H and O–H groups in total. The van der Waals surface area contributed by atoms with Gasteiger partial charge in [0, 0.05) is 4.47 Å². The lowest BCUT2D eigenvalue weighted by molar-refractivity contribution is -0.143. The van der Waals surface area contributed by atoms with E-state index in [9.17, 15) is 4.79 Å². The molecule has 92 valence electrons. The van der Waals surface area contributed by atoms with Crippen LogP contribution in [0.4, 0.5) is 0 Å². The van der Waals surface area contributed by atoms with Crippen LogP contribution in [0.1, 0.15) is 24.3 Å². The SMILES string of the molecule is COC(=O)C1CC(c2cccc(Br)c2)CCN1. The van der Waals surface area contributed by atoms with Crippen LogP contribution in [0.2, 0.25) is 0 Å². The van der Waals surface area contributed by atoms with Crippen molar-refractivity contribution < 1.29 is 9.53 Å². The zero-order valence-corrected chi connectivity index (χ0v) is 11.4. The minimum absolute atomic E-state index is 0.162. The number of ether oxygens (including phenoxy) is 1. The summed E-state index contributed by atoms with van der Waals surface area (Å²) in [6.07, 6.45) is 1.87. The van der Waals surface area contributed by atoms with Gasteiger partial charge in [-0.2, -0.15) is 0 Å². The van der Waals surface area contributed by atoms with E-state index in [1.54, 1.807) is 0 Å². The van der Waals surface area contributed by atoms with Crippen molar-refractivity contribution in [1.82, 2.24) is 5.32 Å². The lowest BCUT2D eigenvalue weighted by Gasteiger charge is -2.29. The Kier molecular flexibility index (Phi) is 4.18. The molecule has 0 spiro atoms. The van der Waals surface area contributed by atoms with E-state index >= 15 is 0 Å². The summed E-state index contributed by atoms with van der Waals surface area (Å²) in [5.74, 6) is 0.266. The van der Waals surface area contributed by atoms with E-state index in [0.29, 0.717) is 5.92 Å². The lowest BCUT2D eigenvalue weighted by Crippen LogP contribution is -2.43. The van der Waals surface area contributed by atoms with Gasteiger partial charge in [-0.15, -0.1) is 0 Å². The number of carbonyl (C=O) groups excluding carboxylic acids is 1. The second-order valence-corrected chi connectivity index (χ2v) is 5.22. The summed E-state index contributed by atoms with van der Waals surface area (Å²) in [6.45, 7) is 0.858. The van der Waals surface area contributed by atoms with E-state index in [-0.39, 0.29) is 12.0 Å². The van der Waals surface area contributed by atoms with E-state index in [1.807, 2.05) is 12.1 Å². The summed E-state index contributed by atoms with van der Waals surface area (Å²) in [5.41, 5.74) is 1.29. The zero-order valence-electron chi connectivity index (χ0n) is 9.78. The van der Waals surface area contributed by atoms with Crippen molar-refractivity contribution in [2.75, 3.05) is 13.7 Å². The number of carbonyl (C=O) groups is 1. The first-order valence-electron chi connectivity index (χ1n) is 5.77. The molecule has 2 atom stereocenters. The molecular weight excluding hydrogens is 282 g/mol. The fraction of sp³-hybridized carbons (Fsp3) is 0.462. The Morgan fingerprint density at radius 2 is 2.35 bits per heavy atom. The lowest BCUT2D eigenvalue weighted by atomic mass is 9.86. The largest absolute Gasteiger partial charge is 0.468 e. The molecule has 0 bridgehead atoms. The molecule has 0 saturated carbocycles. The third-order valence-corrected chi connectivity index (χ3v) is 3.70. The van der Waals surface area contributed by atoms with Gasteiger partial charge in [0.1, 0.15) is 6.04 Å². The van der Waals surface area contributed by atoms with Crippen molar-refractivity contribution in [2.45, 2.75) is 24.8 Å². The molecule has 17 heavy (non-hydrogen) atoms. The number of methoxy groups -OCH3 is 1. The maximum atomic E-state index is 11.5. The highest BCUT2D eigenvalue weighted by Gasteiger charge is 2.28. The number of hydrogen-bond donors (Lipinski definition) is 1. The smallest absolute Gasteiger partial charge is 0.322 e. The quantitative estimate of drug-likeness (QED) is 0.852. The summed E-state index contributed by atoms with van der Waals surface area (Å²) < 4.78 is 5.87. The fourth-order valence-electron chi connectivity index (χ4n) is 2.30. The van der Waals surface area contributed by atoms with Gasteiger partial charge in [-0.25, -0.2) is 0 Å². The standard InChI is InChI=1S/C13H16BrNO2/c1-17-13(16)12-8-10(5-6-15-12)9-3-2-4-11(14)7-9/h2-4,7,10,12,15H,5-6,8H2,1H3. The molecule has 2 unspecified atom stereocenters. The summed E-state index contributed by atoms with van der Waals surface area (Å²) >= 11 is 3.48. The molecular formula is C13H16BrNO2. The van der Waals surface area contributed by atoms with Gasteiger partial charge in [0.2, 0.25) is 0 Å². The minimum Gasteiger partial charge on any atom is -0.468 e. The number of hydrogen-bond acceptors (Lipinski definition) is 3. The van der Waals surface area contributed by atoms with Gasteiger partial charge in [-0.1, -0.05) is 28.1 Å². The van der Waals surface area contributed by atoms with Crippen LogP contribution in [0.15, 0.2) is 28.7 Å². The molecule has 3 nitrogen and oxygen atoms in total. The van der Waals surface area contributed by atoms with Crippen molar-refractivity contribution in [2.24, 2.45) is 0 Å². The average molecular weight is 298 g/mol. The third-order valence-electron chi connectivity index (χ3n) is 3.21.